The number of rotatable bonds is 5. The van der Waals surface area contributed by atoms with Crippen LogP contribution in [0.5, 0.6) is 5.75 Å². The molecular formula is C23H19FN2O3. The molecule has 0 bridgehead atoms. The molecule has 0 aliphatic carbocycles. The van der Waals surface area contributed by atoms with Crippen LogP contribution in [0.1, 0.15) is 11.1 Å². The van der Waals surface area contributed by atoms with Gasteiger partial charge in [-0.1, -0.05) is 12.1 Å². The third-order valence-electron chi connectivity index (χ3n) is 4.68. The molecule has 0 saturated carbocycles. The number of fused-ring (bicyclic) bond motifs is 1. The maximum absolute atomic E-state index is 13.1. The van der Waals surface area contributed by atoms with Crippen LogP contribution in [0.2, 0.25) is 0 Å². The van der Waals surface area contributed by atoms with Crippen molar-refractivity contribution in [2.75, 3.05) is 11.9 Å². The number of amides is 1. The number of nitrogens with one attached hydrogen (secondary N) is 1. The standard InChI is InChI=1S/C23H19FN2O3/c1-14-4-3-5-20(15(14)2)28-13-22(27)25-18-10-11-21-19(12-18)26-23(29-21)16-6-8-17(24)9-7-16/h3-12H,13H2,1-2H3,(H,25,27). The third kappa shape index (κ3) is 4.11. The molecule has 1 aromatic heterocycles. The third-order valence-corrected chi connectivity index (χ3v) is 4.68. The van der Waals surface area contributed by atoms with Crippen LogP contribution >= 0.6 is 0 Å². The van der Waals surface area contributed by atoms with E-state index in [1.165, 1.54) is 12.1 Å². The van der Waals surface area contributed by atoms with Gasteiger partial charge in [-0.3, -0.25) is 4.79 Å². The first-order valence-electron chi connectivity index (χ1n) is 9.15. The lowest BCUT2D eigenvalue weighted by Gasteiger charge is -2.11. The highest BCUT2D eigenvalue weighted by atomic mass is 19.1. The number of nitrogens with zero attached hydrogens (tertiary/aromatic N) is 1. The molecule has 6 heteroatoms. The topological polar surface area (TPSA) is 64.4 Å². The zero-order valence-corrected chi connectivity index (χ0v) is 16.0. The Morgan fingerprint density at radius 2 is 1.90 bits per heavy atom. The van der Waals surface area contributed by atoms with Gasteiger partial charge in [-0.15, -0.1) is 0 Å². The fourth-order valence-corrected chi connectivity index (χ4v) is 2.94. The average Bonchev–Trinajstić information content (AvgIpc) is 3.13. The molecule has 29 heavy (non-hydrogen) atoms. The van der Waals surface area contributed by atoms with Crippen molar-refractivity contribution in [3.63, 3.8) is 0 Å². The van der Waals surface area contributed by atoms with E-state index in [1.807, 2.05) is 32.0 Å². The van der Waals surface area contributed by atoms with Gasteiger partial charge in [0.25, 0.3) is 5.91 Å². The van der Waals surface area contributed by atoms with E-state index in [4.69, 9.17) is 9.15 Å². The number of oxazole rings is 1. The maximum Gasteiger partial charge on any atom is 0.262 e. The zero-order chi connectivity index (χ0) is 20.4. The summed E-state index contributed by atoms with van der Waals surface area (Å²) in [4.78, 5) is 16.7. The van der Waals surface area contributed by atoms with Crippen molar-refractivity contribution >= 4 is 22.7 Å². The van der Waals surface area contributed by atoms with E-state index >= 15 is 0 Å². The molecule has 4 rings (SSSR count). The summed E-state index contributed by atoms with van der Waals surface area (Å²) in [5.41, 5.74) is 4.56. The fourth-order valence-electron chi connectivity index (χ4n) is 2.94. The summed E-state index contributed by atoms with van der Waals surface area (Å²) in [5.74, 6) is 0.489. The van der Waals surface area contributed by atoms with Gasteiger partial charge in [0.05, 0.1) is 0 Å². The van der Waals surface area contributed by atoms with Crippen LogP contribution in [0.25, 0.3) is 22.6 Å². The highest BCUT2D eigenvalue weighted by Gasteiger charge is 2.11. The van der Waals surface area contributed by atoms with Crippen LogP contribution in [0.3, 0.4) is 0 Å². The van der Waals surface area contributed by atoms with Gasteiger partial charge in [-0.2, -0.15) is 0 Å². The number of anilines is 1. The van der Waals surface area contributed by atoms with Gasteiger partial charge in [0.2, 0.25) is 5.89 Å². The summed E-state index contributed by atoms with van der Waals surface area (Å²) in [5, 5.41) is 2.80. The van der Waals surface area contributed by atoms with Crippen molar-refractivity contribution in [3.05, 3.63) is 77.6 Å². The maximum atomic E-state index is 13.1. The summed E-state index contributed by atoms with van der Waals surface area (Å²) in [6, 6.07) is 16.8. The minimum Gasteiger partial charge on any atom is -0.483 e. The van der Waals surface area contributed by atoms with Gasteiger partial charge < -0.3 is 14.5 Å². The Morgan fingerprint density at radius 3 is 2.69 bits per heavy atom. The van der Waals surface area contributed by atoms with Crippen molar-refractivity contribution in [1.82, 2.24) is 4.98 Å². The Morgan fingerprint density at radius 1 is 1.10 bits per heavy atom. The molecule has 1 heterocycles. The van der Waals surface area contributed by atoms with Crippen LogP contribution in [-0.4, -0.2) is 17.5 Å². The van der Waals surface area contributed by atoms with E-state index in [2.05, 4.69) is 10.3 Å². The largest absolute Gasteiger partial charge is 0.483 e. The second-order valence-corrected chi connectivity index (χ2v) is 6.74. The molecule has 1 N–H and O–H groups in total. The van der Waals surface area contributed by atoms with Gasteiger partial charge in [-0.05, 0) is 73.5 Å². The molecule has 0 aliphatic heterocycles. The predicted molar refractivity (Wildman–Crippen MR) is 109 cm³/mol. The first-order valence-corrected chi connectivity index (χ1v) is 9.15. The van der Waals surface area contributed by atoms with E-state index < -0.39 is 0 Å². The zero-order valence-electron chi connectivity index (χ0n) is 16.0. The van der Waals surface area contributed by atoms with Gasteiger partial charge in [0.1, 0.15) is 17.1 Å². The number of carbonyl (C=O) groups excluding carboxylic acids is 1. The normalized spacial score (nSPS) is 10.9. The van der Waals surface area contributed by atoms with Gasteiger partial charge in [0.15, 0.2) is 12.2 Å². The molecule has 5 nitrogen and oxygen atoms in total. The molecule has 146 valence electrons. The van der Waals surface area contributed by atoms with Crippen molar-refractivity contribution in [2.24, 2.45) is 0 Å². The van der Waals surface area contributed by atoms with Gasteiger partial charge in [-0.25, -0.2) is 9.37 Å². The van der Waals surface area contributed by atoms with E-state index in [1.54, 1.807) is 30.3 Å². The van der Waals surface area contributed by atoms with Crippen LogP contribution in [0.15, 0.2) is 65.1 Å². The SMILES string of the molecule is Cc1cccc(OCC(=O)Nc2ccc3oc(-c4ccc(F)cc4)nc3c2)c1C. The number of halogens is 1. The minimum absolute atomic E-state index is 0.0953. The Kier molecular flexibility index (Phi) is 4.99. The Bertz CT molecular complexity index is 1180. The van der Waals surface area contributed by atoms with E-state index in [-0.39, 0.29) is 18.3 Å². The lowest BCUT2D eigenvalue weighted by atomic mass is 10.1. The monoisotopic (exact) mass is 390 g/mol. The van der Waals surface area contributed by atoms with Crippen LogP contribution in [0.4, 0.5) is 10.1 Å². The summed E-state index contributed by atoms with van der Waals surface area (Å²) in [6.45, 7) is 3.86. The lowest BCUT2D eigenvalue weighted by Crippen LogP contribution is -2.20. The average molecular weight is 390 g/mol. The Balaban J connectivity index is 1.46. The van der Waals surface area contributed by atoms with E-state index in [0.29, 0.717) is 34.0 Å². The second kappa shape index (κ2) is 7.75. The highest BCUT2D eigenvalue weighted by Crippen LogP contribution is 2.26. The lowest BCUT2D eigenvalue weighted by molar-refractivity contribution is -0.118. The summed E-state index contributed by atoms with van der Waals surface area (Å²) in [7, 11) is 0. The summed E-state index contributed by atoms with van der Waals surface area (Å²) < 4.78 is 24.4. The van der Waals surface area contributed by atoms with Crippen molar-refractivity contribution < 1.29 is 18.3 Å². The first-order chi connectivity index (χ1) is 14.0. The molecule has 1 amide bonds. The van der Waals surface area contributed by atoms with Crippen molar-refractivity contribution in [2.45, 2.75) is 13.8 Å². The van der Waals surface area contributed by atoms with Crippen molar-refractivity contribution in [3.8, 4) is 17.2 Å². The number of ether oxygens (including phenoxy) is 1. The summed E-state index contributed by atoms with van der Waals surface area (Å²) >= 11 is 0. The van der Waals surface area contributed by atoms with E-state index in [0.717, 1.165) is 11.1 Å². The Labute approximate surface area is 167 Å². The number of benzene rings is 3. The number of hydrogen-bond donors (Lipinski definition) is 1. The summed E-state index contributed by atoms with van der Waals surface area (Å²) in [6.07, 6.45) is 0. The molecule has 0 aliphatic rings. The molecule has 3 aromatic carbocycles. The molecule has 0 saturated heterocycles. The molecule has 0 atom stereocenters. The van der Waals surface area contributed by atoms with E-state index in [9.17, 15) is 9.18 Å². The highest BCUT2D eigenvalue weighted by molar-refractivity contribution is 5.94. The predicted octanol–water partition coefficient (Wildman–Crippen LogP) is 5.27. The molecule has 0 unspecified atom stereocenters. The number of aryl methyl sites for hydroxylation is 1. The molecule has 0 radical (unpaired) electrons. The number of hydrogen-bond acceptors (Lipinski definition) is 4. The molecule has 0 spiro atoms. The fraction of sp³-hybridized carbons (Fsp3) is 0.130. The van der Waals surface area contributed by atoms with Gasteiger partial charge >= 0.3 is 0 Å². The molecular weight excluding hydrogens is 371 g/mol. The van der Waals surface area contributed by atoms with Crippen LogP contribution in [0, 0.1) is 19.7 Å². The van der Waals surface area contributed by atoms with Gasteiger partial charge in [0, 0.05) is 11.3 Å². The van der Waals surface area contributed by atoms with Crippen molar-refractivity contribution in [1.29, 1.82) is 0 Å². The minimum atomic E-state index is -0.321. The van der Waals surface area contributed by atoms with Crippen LogP contribution < -0.4 is 10.1 Å². The Hall–Kier alpha value is -3.67. The number of aromatic nitrogens is 1. The van der Waals surface area contributed by atoms with Crippen LogP contribution in [-0.2, 0) is 4.79 Å². The first kappa shape index (κ1) is 18.7. The second-order valence-electron chi connectivity index (χ2n) is 6.74. The number of carbonyl (C=O) groups is 1. The quantitative estimate of drug-likeness (QED) is 0.504. The molecule has 4 aromatic rings. The smallest absolute Gasteiger partial charge is 0.262 e. The molecule has 0 fully saturated rings.